The van der Waals surface area contributed by atoms with Crippen LogP contribution < -0.4 is 4.74 Å². The summed E-state index contributed by atoms with van der Waals surface area (Å²) in [5.41, 5.74) is 0.545. The van der Waals surface area contributed by atoms with Crippen molar-refractivity contribution in [2.45, 2.75) is 25.1 Å². The molecular formula is C13H14F4O2. The molecule has 1 aromatic carbocycles. The summed E-state index contributed by atoms with van der Waals surface area (Å²) in [5.74, 6) is -1.43. The van der Waals surface area contributed by atoms with E-state index in [1.54, 1.807) is 0 Å². The lowest BCUT2D eigenvalue weighted by Crippen LogP contribution is -2.33. The van der Waals surface area contributed by atoms with E-state index in [-0.39, 0.29) is 12.4 Å². The molecule has 19 heavy (non-hydrogen) atoms. The van der Waals surface area contributed by atoms with Crippen LogP contribution >= 0.6 is 0 Å². The Balaban J connectivity index is 2.29. The molecule has 0 unspecified atom stereocenters. The highest BCUT2D eigenvalue weighted by Crippen LogP contribution is 2.44. The SMILES string of the molecule is COc1cc(F)ccc1[C@@H]1CO[C@H](C(F)(F)F)[C@@H]1C. The molecule has 1 aliphatic heterocycles. The monoisotopic (exact) mass is 278 g/mol. The van der Waals surface area contributed by atoms with Gasteiger partial charge < -0.3 is 9.47 Å². The molecule has 0 saturated carbocycles. The van der Waals surface area contributed by atoms with Crippen LogP contribution in [0, 0.1) is 11.7 Å². The lowest BCUT2D eigenvalue weighted by atomic mass is 9.86. The molecular weight excluding hydrogens is 264 g/mol. The van der Waals surface area contributed by atoms with Crippen LogP contribution in [-0.4, -0.2) is 26.0 Å². The fourth-order valence-electron chi connectivity index (χ4n) is 2.48. The van der Waals surface area contributed by atoms with E-state index >= 15 is 0 Å². The van der Waals surface area contributed by atoms with Gasteiger partial charge in [0.1, 0.15) is 11.6 Å². The molecule has 0 radical (unpaired) electrons. The van der Waals surface area contributed by atoms with E-state index < -0.39 is 29.9 Å². The number of ether oxygens (including phenoxy) is 2. The standard InChI is InChI=1S/C13H14F4O2/c1-7-10(6-19-12(7)13(15,16)17)9-4-3-8(14)5-11(9)18-2/h3-5,7,10,12H,6H2,1-2H3/t7-,10-,12+/m1/s1. The number of rotatable bonds is 2. The van der Waals surface area contributed by atoms with E-state index in [0.717, 1.165) is 0 Å². The highest BCUT2D eigenvalue weighted by atomic mass is 19.4. The predicted octanol–water partition coefficient (Wildman–Crippen LogP) is 3.52. The van der Waals surface area contributed by atoms with Crippen molar-refractivity contribution in [1.82, 2.24) is 0 Å². The number of alkyl halides is 3. The minimum absolute atomic E-state index is 0.0483. The van der Waals surface area contributed by atoms with Crippen LogP contribution in [0.3, 0.4) is 0 Å². The van der Waals surface area contributed by atoms with Gasteiger partial charge in [-0.15, -0.1) is 0 Å². The van der Waals surface area contributed by atoms with Crippen LogP contribution in [-0.2, 0) is 4.74 Å². The zero-order valence-corrected chi connectivity index (χ0v) is 10.5. The first kappa shape index (κ1) is 14.1. The van der Waals surface area contributed by atoms with Crippen LogP contribution in [0.25, 0.3) is 0 Å². The predicted molar refractivity (Wildman–Crippen MR) is 60.7 cm³/mol. The Labute approximate surface area is 108 Å². The molecule has 0 bridgehead atoms. The van der Waals surface area contributed by atoms with E-state index in [4.69, 9.17) is 9.47 Å². The molecule has 0 aliphatic carbocycles. The van der Waals surface area contributed by atoms with Gasteiger partial charge in [-0.2, -0.15) is 13.2 Å². The average Bonchev–Trinajstić information content (AvgIpc) is 2.70. The summed E-state index contributed by atoms with van der Waals surface area (Å²) in [4.78, 5) is 0. The molecule has 0 aromatic heterocycles. The molecule has 2 nitrogen and oxygen atoms in total. The van der Waals surface area contributed by atoms with E-state index in [1.165, 1.54) is 32.2 Å². The first-order valence-electron chi connectivity index (χ1n) is 5.86. The molecule has 1 heterocycles. The Bertz CT molecular complexity index is 458. The van der Waals surface area contributed by atoms with Gasteiger partial charge in [0.2, 0.25) is 0 Å². The lowest BCUT2D eigenvalue weighted by molar-refractivity contribution is -0.215. The Morgan fingerprint density at radius 2 is 2.00 bits per heavy atom. The smallest absolute Gasteiger partial charge is 0.414 e. The third-order valence-electron chi connectivity index (χ3n) is 3.49. The zero-order valence-electron chi connectivity index (χ0n) is 10.5. The summed E-state index contributed by atoms with van der Waals surface area (Å²) in [5, 5.41) is 0. The summed E-state index contributed by atoms with van der Waals surface area (Å²) in [7, 11) is 1.36. The second kappa shape index (κ2) is 5.00. The highest BCUT2D eigenvalue weighted by molar-refractivity contribution is 5.38. The first-order chi connectivity index (χ1) is 8.84. The Morgan fingerprint density at radius 3 is 2.53 bits per heavy atom. The molecule has 3 atom stereocenters. The third-order valence-corrected chi connectivity index (χ3v) is 3.49. The second-order valence-corrected chi connectivity index (χ2v) is 4.65. The van der Waals surface area contributed by atoms with E-state index in [0.29, 0.717) is 5.56 Å². The van der Waals surface area contributed by atoms with Crippen molar-refractivity contribution in [3.05, 3.63) is 29.6 Å². The van der Waals surface area contributed by atoms with Crippen LogP contribution in [0.5, 0.6) is 5.75 Å². The fraction of sp³-hybridized carbons (Fsp3) is 0.538. The number of hydrogen-bond donors (Lipinski definition) is 0. The van der Waals surface area contributed by atoms with Crippen molar-refractivity contribution >= 4 is 0 Å². The van der Waals surface area contributed by atoms with Gasteiger partial charge in [-0.3, -0.25) is 0 Å². The van der Waals surface area contributed by atoms with Crippen molar-refractivity contribution in [3.8, 4) is 5.75 Å². The molecule has 0 spiro atoms. The maximum atomic E-state index is 13.1. The molecule has 0 amide bonds. The molecule has 1 saturated heterocycles. The maximum absolute atomic E-state index is 13.1. The van der Waals surface area contributed by atoms with Crippen molar-refractivity contribution in [3.63, 3.8) is 0 Å². The van der Waals surface area contributed by atoms with Gasteiger partial charge in [-0.05, 0) is 6.07 Å². The Morgan fingerprint density at radius 1 is 1.32 bits per heavy atom. The average molecular weight is 278 g/mol. The first-order valence-corrected chi connectivity index (χ1v) is 5.86. The van der Waals surface area contributed by atoms with Crippen LogP contribution in [0.15, 0.2) is 18.2 Å². The largest absolute Gasteiger partial charge is 0.496 e. The minimum Gasteiger partial charge on any atom is -0.496 e. The van der Waals surface area contributed by atoms with Gasteiger partial charge in [0.25, 0.3) is 0 Å². The molecule has 106 valence electrons. The summed E-state index contributed by atoms with van der Waals surface area (Å²) < 4.78 is 61.2. The van der Waals surface area contributed by atoms with Crippen molar-refractivity contribution in [2.75, 3.05) is 13.7 Å². The van der Waals surface area contributed by atoms with E-state index in [9.17, 15) is 17.6 Å². The topological polar surface area (TPSA) is 18.5 Å². The molecule has 1 fully saturated rings. The maximum Gasteiger partial charge on any atom is 0.414 e. The van der Waals surface area contributed by atoms with Gasteiger partial charge in [0.05, 0.1) is 13.7 Å². The highest BCUT2D eigenvalue weighted by Gasteiger charge is 2.51. The van der Waals surface area contributed by atoms with Gasteiger partial charge in [-0.1, -0.05) is 13.0 Å². The van der Waals surface area contributed by atoms with Gasteiger partial charge in [0.15, 0.2) is 6.10 Å². The molecule has 2 rings (SSSR count). The van der Waals surface area contributed by atoms with Crippen molar-refractivity contribution < 1.29 is 27.0 Å². The quantitative estimate of drug-likeness (QED) is 0.771. The second-order valence-electron chi connectivity index (χ2n) is 4.65. The van der Waals surface area contributed by atoms with Crippen LogP contribution in [0.1, 0.15) is 18.4 Å². The minimum atomic E-state index is -4.39. The van der Waals surface area contributed by atoms with Gasteiger partial charge in [-0.25, -0.2) is 4.39 Å². The Hall–Kier alpha value is -1.30. The van der Waals surface area contributed by atoms with Crippen molar-refractivity contribution in [1.29, 1.82) is 0 Å². The van der Waals surface area contributed by atoms with Crippen LogP contribution in [0.4, 0.5) is 17.6 Å². The third kappa shape index (κ3) is 2.68. The zero-order chi connectivity index (χ0) is 14.2. The number of benzene rings is 1. The van der Waals surface area contributed by atoms with E-state index in [1.807, 2.05) is 0 Å². The normalized spacial score (nSPS) is 27.6. The summed E-state index contributed by atoms with van der Waals surface area (Å²) in [6.45, 7) is 1.44. The van der Waals surface area contributed by atoms with Gasteiger partial charge >= 0.3 is 6.18 Å². The van der Waals surface area contributed by atoms with E-state index in [2.05, 4.69) is 0 Å². The Kier molecular flexibility index (Phi) is 3.71. The number of hydrogen-bond acceptors (Lipinski definition) is 2. The number of halogens is 4. The van der Waals surface area contributed by atoms with Crippen molar-refractivity contribution in [2.24, 2.45) is 5.92 Å². The lowest BCUT2D eigenvalue weighted by Gasteiger charge is -2.22. The molecule has 1 aliphatic rings. The summed E-state index contributed by atoms with van der Waals surface area (Å²) in [6.07, 6.45) is -6.17. The fourth-order valence-corrected chi connectivity index (χ4v) is 2.48. The number of methoxy groups -OCH3 is 1. The molecule has 1 aromatic rings. The molecule has 0 N–H and O–H groups in total. The summed E-state index contributed by atoms with van der Waals surface area (Å²) in [6, 6.07) is 3.84. The van der Waals surface area contributed by atoms with Crippen LogP contribution in [0.2, 0.25) is 0 Å². The van der Waals surface area contributed by atoms with Gasteiger partial charge in [0, 0.05) is 23.5 Å². The summed E-state index contributed by atoms with van der Waals surface area (Å²) >= 11 is 0. The molecule has 6 heteroatoms.